The highest BCUT2D eigenvalue weighted by molar-refractivity contribution is 5.76. The Labute approximate surface area is 129 Å². The third-order valence-electron chi connectivity index (χ3n) is 6.96. The molecule has 3 saturated carbocycles. The topological polar surface area (TPSA) is 47.6 Å². The molecule has 4 heteroatoms. The highest BCUT2D eigenvalue weighted by atomic mass is 16.6. The summed E-state index contributed by atoms with van der Waals surface area (Å²) in [7, 11) is 0. The van der Waals surface area contributed by atoms with Gasteiger partial charge in [0.25, 0.3) is 0 Å². The molecule has 2 bridgehead atoms. The zero-order valence-corrected chi connectivity index (χ0v) is 12.2. The maximum Gasteiger partial charge on any atom is 0.310 e. The van der Waals surface area contributed by atoms with Crippen molar-refractivity contribution in [2.24, 2.45) is 35.5 Å². The van der Waals surface area contributed by atoms with Crippen LogP contribution in [0.25, 0.3) is 0 Å². The van der Waals surface area contributed by atoms with Gasteiger partial charge in [0.1, 0.15) is 18.4 Å². The van der Waals surface area contributed by atoms with Gasteiger partial charge in [0.2, 0.25) is 0 Å². The minimum Gasteiger partial charge on any atom is -0.459 e. The minimum atomic E-state index is 0.0121. The molecule has 0 radical (unpaired) electrons. The average molecular weight is 297 g/mol. The molecule has 0 spiro atoms. The minimum absolute atomic E-state index is 0.0121. The smallest absolute Gasteiger partial charge is 0.310 e. The van der Waals surface area contributed by atoms with E-state index in [4.69, 9.17) is 9.47 Å². The van der Waals surface area contributed by atoms with E-state index in [1.54, 1.807) is 0 Å². The first kappa shape index (κ1) is 12.1. The fourth-order valence-corrected chi connectivity index (χ4v) is 6.30. The van der Waals surface area contributed by atoms with Gasteiger partial charge < -0.3 is 9.47 Å². The van der Waals surface area contributed by atoms with E-state index in [1.165, 1.54) is 12.0 Å². The molecule has 5 aliphatic rings. The Morgan fingerprint density at radius 2 is 1.86 bits per heavy atom. The van der Waals surface area contributed by atoms with Gasteiger partial charge in [-0.3, -0.25) is 10.1 Å². The Bertz CT molecular complexity index is 647. The molecule has 22 heavy (non-hydrogen) atoms. The Morgan fingerprint density at radius 3 is 2.73 bits per heavy atom. The standard InChI is InChI=1S/C18H19NO3/c20-18-14-10-6-9-11-12(10)16(22-18)15(11)21-17(13(9)14)19-7-8-4-2-1-3-5-8/h1-5,9-17,19H,6-7H2. The van der Waals surface area contributed by atoms with Gasteiger partial charge in [0.05, 0.1) is 5.92 Å². The van der Waals surface area contributed by atoms with Gasteiger partial charge >= 0.3 is 5.97 Å². The fourth-order valence-electron chi connectivity index (χ4n) is 6.30. The number of hydrogen-bond acceptors (Lipinski definition) is 4. The van der Waals surface area contributed by atoms with Crippen molar-refractivity contribution in [2.45, 2.75) is 31.4 Å². The quantitative estimate of drug-likeness (QED) is 0.860. The third kappa shape index (κ3) is 1.26. The molecule has 1 aromatic carbocycles. The summed E-state index contributed by atoms with van der Waals surface area (Å²) >= 11 is 0. The molecule has 9 atom stereocenters. The summed E-state index contributed by atoms with van der Waals surface area (Å²) in [5, 5.41) is 3.58. The lowest BCUT2D eigenvalue weighted by Gasteiger charge is -2.64. The third-order valence-corrected chi connectivity index (χ3v) is 6.96. The molecule has 6 rings (SSSR count). The Hall–Kier alpha value is -1.39. The van der Waals surface area contributed by atoms with Crippen LogP contribution in [0, 0.1) is 35.5 Å². The summed E-state index contributed by atoms with van der Waals surface area (Å²) in [6, 6.07) is 10.4. The Balaban J connectivity index is 1.30. The molecule has 9 unspecified atom stereocenters. The number of esters is 1. The van der Waals surface area contributed by atoms with Crippen LogP contribution in [0.2, 0.25) is 0 Å². The molecule has 1 aromatic rings. The van der Waals surface area contributed by atoms with Crippen LogP contribution in [-0.2, 0) is 20.8 Å². The molecule has 3 aliphatic carbocycles. The van der Waals surface area contributed by atoms with Crippen LogP contribution >= 0.6 is 0 Å². The summed E-state index contributed by atoms with van der Waals surface area (Å²) in [5.74, 6) is 2.99. The molecule has 114 valence electrons. The van der Waals surface area contributed by atoms with E-state index in [0.29, 0.717) is 29.6 Å². The first-order chi connectivity index (χ1) is 10.8. The number of benzene rings is 1. The van der Waals surface area contributed by atoms with Gasteiger partial charge in [0.15, 0.2) is 0 Å². The molecule has 2 heterocycles. The van der Waals surface area contributed by atoms with E-state index in [1.807, 2.05) is 6.07 Å². The van der Waals surface area contributed by atoms with Crippen LogP contribution in [0.5, 0.6) is 0 Å². The maximum absolute atomic E-state index is 12.4. The molecule has 4 nitrogen and oxygen atoms in total. The maximum atomic E-state index is 12.4. The number of nitrogens with one attached hydrogen (secondary N) is 1. The van der Waals surface area contributed by atoms with Crippen LogP contribution in [0.3, 0.4) is 0 Å². The lowest BCUT2D eigenvalue weighted by atomic mass is 9.52. The van der Waals surface area contributed by atoms with E-state index >= 15 is 0 Å². The number of ether oxygens (including phenoxy) is 2. The largest absolute Gasteiger partial charge is 0.459 e. The summed E-state index contributed by atoms with van der Waals surface area (Å²) in [4.78, 5) is 12.4. The molecule has 2 saturated heterocycles. The average Bonchev–Trinajstić information content (AvgIpc) is 3.08. The van der Waals surface area contributed by atoms with Crippen LogP contribution in [-0.4, -0.2) is 24.4 Å². The Kier molecular flexibility index (Phi) is 2.15. The number of fused-ring (bicyclic) bond motifs is 2. The van der Waals surface area contributed by atoms with Crippen LogP contribution < -0.4 is 5.32 Å². The molecule has 1 N–H and O–H groups in total. The summed E-state index contributed by atoms with van der Waals surface area (Å²) in [6.07, 6.45) is 1.43. The predicted octanol–water partition coefficient (Wildman–Crippen LogP) is 1.55. The second kappa shape index (κ2) is 3.92. The van der Waals surface area contributed by atoms with Crippen molar-refractivity contribution in [3.63, 3.8) is 0 Å². The predicted molar refractivity (Wildman–Crippen MR) is 77.4 cm³/mol. The van der Waals surface area contributed by atoms with Crippen molar-refractivity contribution in [1.82, 2.24) is 5.32 Å². The van der Waals surface area contributed by atoms with Crippen molar-refractivity contribution in [1.29, 1.82) is 0 Å². The molecule has 0 aromatic heterocycles. The number of rotatable bonds is 3. The zero-order valence-electron chi connectivity index (χ0n) is 12.2. The monoisotopic (exact) mass is 297 g/mol. The van der Waals surface area contributed by atoms with Crippen molar-refractivity contribution >= 4 is 5.97 Å². The second-order valence-corrected chi connectivity index (χ2v) is 7.61. The van der Waals surface area contributed by atoms with Crippen molar-refractivity contribution in [3.05, 3.63) is 35.9 Å². The normalized spacial score (nSPS) is 52.5. The van der Waals surface area contributed by atoms with Crippen LogP contribution in [0.4, 0.5) is 0 Å². The van der Waals surface area contributed by atoms with E-state index in [9.17, 15) is 4.79 Å². The second-order valence-electron chi connectivity index (χ2n) is 7.61. The van der Waals surface area contributed by atoms with Gasteiger partial charge in [-0.15, -0.1) is 0 Å². The first-order valence-electron chi connectivity index (χ1n) is 8.46. The molecule has 2 aliphatic heterocycles. The number of carbonyl (C=O) groups excluding carboxylic acids is 1. The van der Waals surface area contributed by atoms with Gasteiger partial charge in [-0.2, -0.15) is 0 Å². The molecular formula is C18H19NO3. The number of carbonyl (C=O) groups is 1. The number of hydrogen-bond donors (Lipinski definition) is 1. The van der Waals surface area contributed by atoms with Crippen molar-refractivity contribution in [2.75, 3.05) is 0 Å². The zero-order chi connectivity index (χ0) is 14.4. The van der Waals surface area contributed by atoms with Gasteiger partial charge in [0, 0.05) is 18.4 Å². The molecule has 0 amide bonds. The lowest BCUT2D eigenvalue weighted by molar-refractivity contribution is -0.316. The van der Waals surface area contributed by atoms with Gasteiger partial charge in [-0.1, -0.05) is 30.3 Å². The summed E-state index contributed by atoms with van der Waals surface area (Å²) < 4.78 is 12.0. The van der Waals surface area contributed by atoms with E-state index in [-0.39, 0.29) is 30.3 Å². The summed E-state index contributed by atoms with van der Waals surface area (Å²) in [6.45, 7) is 0.798. The fraction of sp³-hybridized carbons (Fsp3) is 0.611. The van der Waals surface area contributed by atoms with Crippen LogP contribution in [0.15, 0.2) is 30.3 Å². The van der Waals surface area contributed by atoms with Gasteiger partial charge in [-0.05, 0) is 29.7 Å². The van der Waals surface area contributed by atoms with E-state index in [0.717, 1.165) is 6.54 Å². The lowest BCUT2D eigenvalue weighted by Crippen LogP contribution is -2.74. The highest BCUT2D eigenvalue weighted by Crippen LogP contribution is 2.72. The SMILES string of the molecule is O=C1OC2C3OC(NCc4ccccc4)C4C5CC(C14)C2C53. The molecule has 5 fully saturated rings. The van der Waals surface area contributed by atoms with E-state index < -0.39 is 0 Å². The Morgan fingerprint density at radius 1 is 1.05 bits per heavy atom. The van der Waals surface area contributed by atoms with Crippen molar-refractivity contribution in [3.8, 4) is 0 Å². The molecular weight excluding hydrogens is 278 g/mol. The first-order valence-corrected chi connectivity index (χ1v) is 8.46. The van der Waals surface area contributed by atoms with Crippen molar-refractivity contribution < 1.29 is 14.3 Å². The highest BCUT2D eigenvalue weighted by Gasteiger charge is 2.78. The van der Waals surface area contributed by atoms with Crippen LogP contribution in [0.1, 0.15) is 12.0 Å². The van der Waals surface area contributed by atoms with E-state index in [2.05, 4.69) is 29.6 Å². The van der Waals surface area contributed by atoms with Gasteiger partial charge in [-0.25, -0.2) is 0 Å². The summed E-state index contributed by atoms with van der Waals surface area (Å²) in [5.41, 5.74) is 1.26.